The Morgan fingerprint density at radius 1 is 1.43 bits per heavy atom. The van der Waals surface area contributed by atoms with E-state index in [0.717, 1.165) is 25.1 Å². The summed E-state index contributed by atoms with van der Waals surface area (Å²) < 4.78 is 12.2. The minimum Gasteiger partial charge on any atom is -0.409 e. The van der Waals surface area contributed by atoms with Crippen LogP contribution in [0.4, 0.5) is 0 Å². The van der Waals surface area contributed by atoms with Crippen molar-refractivity contribution < 1.29 is 9.15 Å². The monoisotopic (exact) mass is 327 g/mol. The molecule has 21 heavy (non-hydrogen) atoms. The standard InChI is InChI=1S/C14H18ClN3O2S/c1-17(8-5-9-19-2)10-18-14(21)20-13(16-18)11-6-3-4-7-12(11)15/h3-4,6-7H,5,8-10H2,1-2H3. The first kappa shape index (κ1) is 16.2. The second-order valence-corrected chi connectivity index (χ2v) is 5.48. The summed E-state index contributed by atoms with van der Waals surface area (Å²) in [6, 6.07) is 7.40. The fourth-order valence-electron chi connectivity index (χ4n) is 1.92. The number of benzene rings is 1. The lowest BCUT2D eigenvalue weighted by Gasteiger charge is -2.15. The Morgan fingerprint density at radius 3 is 2.90 bits per heavy atom. The molecule has 0 saturated carbocycles. The van der Waals surface area contributed by atoms with Crippen molar-refractivity contribution in [3.8, 4) is 11.5 Å². The van der Waals surface area contributed by atoms with Gasteiger partial charge in [0.25, 0.3) is 4.84 Å². The van der Waals surface area contributed by atoms with Gasteiger partial charge in [-0.25, -0.2) is 4.68 Å². The largest absolute Gasteiger partial charge is 0.409 e. The minimum atomic E-state index is 0.337. The van der Waals surface area contributed by atoms with Crippen molar-refractivity contribution in [2.45, 2.75) is 13.1 Å². The first-order valence-corrected chi connectivity index (χ1v) is 7.40. The fraction of sp³-hybridized carbons (Fsp3) is 0.429. The van der Waals surface area contributed by atoms with E-state index in [2.05, 4.69) is 10.00 Å². The van der Waals surface area contributed by atoms with E-state index in [1.54, 1.807) is 17.9 Å². The van der Waals surface area contributed by atoms with E-state index >= 15 is 0 Å². The van der Waals surface area contributed by atoms with E-state index in [-0.39, 0.29) is 0 Å². The van der Waals surface area contributed by atoms with Gasteiger partial charge in [0.15, 0.2) is 0 Å². The molecule has 2 aromatic rings. The summed E-state index contributed by atoms with van der Waals surface area (Å²) in [7, 11) is 3.70. The molecular formula is C14H18ClN3O2S. The zero-order chi connectivity index (χ0) is 15.2. The van der Waals surface area contributed by atoms with E-state index in [1.165, 1.54) is 0 Å². The zero-order valence-corrected chi connectivity index (χ0v) is 13.7. The number of aromatic nitrogens is 2. The minimum absolute atomic E-state index is 0.337. The zero-order valence-electron chi connectivity index (χ0n) is 12.1. The van der Waals surface area contributed by atoms with Gasteiger partial charge in [0.2, 0.25) is 5.89 Å². The number of ether oxygens (including phenoxy) is 1. The summed E-state index contributed by atoms with van der Waals surface area (Å²) in [4.78, 5) is 2.44. The van der Waals surface area contributed by atoms with Gasteiger partial charge in [-0.2, -0.15) is 0 Å². The fourth-order valence-corrected chi connectivity index (χ4v) is 2.31. The lowest BCUT2D eigenvalue weighted by Crippen LogP contribution is -2.24. The number of rotatable bonds is 7. The van der Waals surface area contributed by atoms with Crippen LogP contribution in [0.3, 0.4) is 0 Å². The van der Waals surface area contributed by atoms with Crippen molar-refractivity contribution >= 4 is 23.8 Å². The van der Waals surface area contributed by atoms with Crippen LogP contribution in [-0.2, 0) is 11.4 Å². The van der Waals surface area contributed by atoms with E-state index in [4.69, 9.17) is 33.0 Å². The van der Waals surface area contributed by atoms with Gasteiger partial charge in [-0.1, -0.05) is 23.7 Å². The van der Waals surface area contributed by atoms with Crippen LogP contribution in [0.1, 0.15) is 6.42 Å². The molecule has 0 bridgehead atoms. The molecule has 0 fully saturated rings. The van der Waals surface area contributed by atoms with Gasteiger partial charge in [-0.15, -0.1) is 5.10 Å². The summed E-state index contributed by atoms with van der Waals surface area (Å²) in [5, 5.41) is 4.99. The third-order valence-electron chi connectivity index (χ3n) is 2.97. The Hall–Kier alpha value is -1.21. The van der Waals surface area contributed by atoms with Crippen LogP contribution in [0.15, 0.2) is 28.7 Å². The van der Waals surface area contributed by atoms with Crippen molar-refractivity contribution in [1.82, 2.24) is 14.7 Å². The predicted octanol–water partition coefficient (Wildman–Crippen LogP) is 3.45. The highest BCUT2D eigenvalue weighted by Crippen LogP contribution is 2.26. The Balaban J connectivity index is 2.09. The molecule has 1 aromatic carbocycles. The van der Waals surface area contributed by atoms with Gasteiger partial charge in [0, 0.05) is 20.3 Å². The van der Waals surface area contributed by atoms with Gasteiger partial charge in [-0.05, 0) is 37.8 Å². The number of nitrogens with zero attached hydrogens (tertiary/aromatic N) is 3. The van der Waals surface area contributed by atoms with Crippen molar-refractivity contribution in [2.75, 3.05) is 27.3 Å². The first-order valence-electron chi connectivity index (χ1n) is 6.62. The summed E-state index contributed by atoms with van der Waals surface area (Å²) in [5.74, 6) is 0.441. The second-order valence-electron chi connectivity index (χ2n) is 4.72. The molecule has 0 saturated heterocycles. The molecule has 114 valence electrons. The van der Waals surface area contributed by atoms with Crippen molar-refractivity contribution in [1.29, 1.82) is 0 Å². The lowest BCUT2D eigenvalue weighted by atomic mass is 10.2. The molecule has 0 unspecified atom stereocenters. The third-order valence-corrected chi connectivity index (χ3v) is 3.60. The van der Waals surface area contributed by atoms with Gasteiger partial charge in [0.05, 0.1) is 17.3 Å². The SMILES string of the molecule is COCCCN(C)Cn1nc(-c2ccccc2Cl)oc1=S. The summed E-state index contributed by atoms with van der Waals surface area (Å²) in [5.41, 5.74) is 0.742. The summed E-state index contributed by atoms with van der Waals surface area (Å²) in [6.45, 7) is 2.19. The highest BCUT2D eigenvalue weighted by atomic mass is 35.5. The van der Waals surface area contributed by atoms with E-state index in [9.17, 15) is 0 Å². The Labute approximate surface area is 134 Å². The normalized spacial score (nSPS) is 11.2. The van der Waals surface area contributed by atoms with Gasteiger partial charge in [0.1, 0.15) is 0 Å². The summed E-state index contributed by atoms with van der Waals surface area (Å²) >= 11 is 11.4. The molecule has 5 nitrogen and oxygen atoms in total. The Kier molecular flexibility index (Phi) is 5.93. The molecule has 0 aliphatic carbocycles. The Morgan fingerprint density at radius 2 is 2.19 bits per heavy atom. The number of hydrogen-bond donors (Lipinski definition) is 0. The van der Waals surface area contributed by atoms with Gasteiger partial charge < -0.3 is 9.15 Å². The maximum Gasteiger partial charge on any atom is 0.288 e. The third kappa shape index (κ3) is 4.38. The molecule has 0 atom stereocenters. The van der Waals surface area contributed by atoms with E-state index in [0.29, 0.717) is 22.4 Å². The molecule has 0 aliphatic rings. The maximum atomic E-state index is 6.14. The molecule has 0 amide bonds. The Bertz CT molecular complexity index is 641. The molecular weight excluding hydrogens is 310 g/mol. The maximum absolute atomic E-state index is 6.14. The molecule has 0 aliphatic heterocycles. The van der Waals surface area contributed by atoms with Crippen LogP contribution in [0.5, 0.6) is 0 Å². The molecule has 0 radical (unpaired) electrons. The van der Waals surface area contributed by atoms with Crippen LogP contribution in [0, 0.1) is 4.84 Å². The van der Waals surface area contributed by atoms with E-state index in [1.807, 2.05) is 25.2 Å². The molecule has 0 N–H and O–H groups in total. The van der Waals surface area contributed by atoms with Crippen LogP contribution in [0.25, 0.3) is 11.5 Å². The highest BCUT2D eigenvalue weighted by molar-refractivity contribution is 7.71. The van der Waals surface area contributed by atoms with E-state index < -0.39 is 0 Å². The van der Waals surface area contributed by atoms with Crippen molar-refractivity contribution in [2.24, 2.45) is 0 Å². The summed E-state index contributed by atoms with van der Waals surface area (Å²) in [6.07, 6.45) is 0.954. The molecule has 1 aromatic heterocycles. The number of hydrogen-bond acceptors (Lipinski definition) is 5. The topological polar surface area (TPSA) is 43.4 Å². The average Bonchev–Trinajstić information content (AvgIpc) is 2.80. The molecule has 2 rings (SSSR count). The molecule has 7 heteroatoms. The van der Waals surface area contributed by atoms with Crippen LogP contribution in [-0.4, -0.2) is 42.0 Å². The van der Waals surface area contributed by atoms with Crippen molar-refractivity contribution in [3.05, 3.63) is 34.1 Å². The van der Waals surface area contributed by atoms with Crippen LogP contribution < -0.4 is 0 Å². The average molecular weight is 328 g/mol. The second kappa shape index (κ2) is 7.70. The molecule has 0 spiro atoms. The number of methoxy groups -OCH3 is 1. The van der Waals surface area contributed by atoms with Gasteiger partial charge >= 0.3 is 0 Å². The quantitative estimate of drug-likeness (QED) is 0.575. The highest BCUT2D eigenvalue weighted by Gasteiger charge is 2.12. The van der Waals surface area contributed by atoms with Crippen LogP contribution >= 0.6 is 23.8 Å². The van der Waals surface area contributed by atoms with Gasteiger partial charge in [-0.3, -0.25) is 4.90 Å². The smallest absolute Gasteiger partial charge is 0.288 e. The molecule has 1 heterocycles. The van der Waals surface area contributed by atoms with Crippen LogP contribution in [0.2, 0.25) is 5.02 Å². The number of halogens is 1. The van der Waals surface area contributed by atoms with Crippen molar-refractivity contribution in [3.63, 3.8) is 0 Å². The first-order chi connectivity index (χ1) is 10.1. The predicted molar refractivity (Wildman–Crippen MR) is 84.9 cm³/mol. The lowest BCUT2D eigenvalue weighted by molar-refractivity contribution is 0.167.